The zero-order valence-corrected chi connectivity index (χ0v) is 37.9. The topological polar surface area (TPSA) is 222 Å². The van der Waals surface area contributed by atoms with Crippen LogP contribution in [0.25, 0.3) is 22.1 Å². The smallest absolute Gasteiger partial charge is 0.338 e. The van der Waals surface area contributed by atoms with Gasteiger partial charge in [0.15, 0.2) is 0 Å². The molecule has 0 amide bonds. The Labute approximate surface area is 381 Å². The highest BCUT2D eigenvalue weighted by atomic mass is 35.5. The first-order valence-corrected chi connectivity index (χ1v) is 21.6. The lowest BCUT2D eigenvalue weighted by Crippen LogP contribution is -2.50. The minimum absolute atomic E-state index is 0.226. The number of aryl methyl sites for hydroxylation is 2. The Morgan fingerprint density at radius 2 is 1.00 bits per heavy atom. The molecule has 4 aromatic carbocycles. The second-order valence-corrected chi connectivity index (χ2v) is 16.7. The molecule has 64 heavy (non-hydrogen) atoms. The van der Waals surface area contributed by atoms with Gasteiger partial charge < -0.3 is 59.7 Å². The van der Waals surface area contributed by atoms with Gasteiger partial charge in [-0.2, -0.15) is 0 Å². The van der Waals surface area contributed by atoms with Gasteiger partial charge in [-0.15, -0.1) is 0 Å². The van der Waals surface area contributed by atoms with Crippen molar-refractivity contribution in [2.75, 3.05) is 82.2 Å². The van der Waals surface area contributed by atoms with Gasteiger partial charge in [0.2, 0.25) is 0 Å². The number of hydrogen-bond acceptors (Lipinski definition) is 12. The molecule has 0 unspecified atom stereocenters. The zero-order valence-electron chi connectivity index (χ0n) is 36.4. The zero-order chi connectivity index (χ0) is 46.3. The van der Waals surface area contributed by atoms with E-state index in [1.54, 1.807) is 12.1 Å². The molecule has 4 heterocycles. The van der Waals surface area contributed by atoms with Crippen molar-refractivity contribution in [3.8, 4) is 0 Å². The highest BCUT2D eigenvalue weighted by molar-refractivity contribution is 6.31. The Kier molecular flexibility index (Phi) is 15.9. The van der Waals surface area contributed by atoms with Gasteiger partial charge in [0.25, 0.3) is 0 Å². The largest absolute Gasteiger partial charge is 0.478 e. The predicted octanol–water partition coefficient (Wildman–Crippen LogP) is 5.44. The van der Waals surface area contributed by atoms with Crippen molar-refractivity contribution >= 4 is 68.6 Å². The van der Waals surface area contributed by atoms with E-state index >= 15 is 0 Å². The summed E-state index contributed by atoms with van der Waals surface area (Å²) in [6.45, 7) is 13.3. The van der Waals surface area contributed by atoms with Crippen molar-refractivity contribution in [2.24, 2.45) is 5.73 Å². The Bertz CT molecular complexity index is 2440. The summed E-state index contributed by atoms with van der Waals surface area (Å²) in [5, 5.41) is 46.0. The van der Waals surface area contributed by atoms with E-state index < -0.39 is 37.3 Å². The Balaban J connectivity index is 0.000000182. The maximum absolute atomic E-state index is 11.9. The lowest BCUT2D eigenvalue weighted by molar-refractivity contribution is 0.0688. The number of aromatic carboxylic acids is 2. The third kappa shape index (κ3) is 10.8. The molecule has 0 radical (unpaired) electrons. The summed E-state index contributed by atoms with van der Waals surface area (Å²) in [6.07, 6.45) is 0. The summed E-state index contributed by atoms with van der Waals surface area (Å²) in [7, 11) is 0. The van der Waals surface area contributed by atoms with E-state index in [4.69, 9.17) is 53.7 Å². The number of fused-ring (bicyclic) bond motifs is 2. The average molecular weight is 921 g/mol. The number of imidazole rings is 2. The number of nitrogens with zero attached hydrogens (tertiary/aromatic N) is 6. The fraction of sp³-hybridized carbons (Fsp3) is 0.391. The molecule has 0 saturated carbocycles. The van der Waals surface area contributed by atoms with Gasteiger partial charge in [-0.1, -0.05) is 47.5 Å². The number of nitrogens with two attached hydrogens (primary N) is 1. The molecule has 16 nitrogen and oxygen atoms in total. The van der Waals surface area contributed by atoms with Crippen molar-refractivity contribution in [1.29, 1.82) is 0 Å². The molecular weight excluding hydrogens is 865 g/mol. The van der Waals surface area contributed by atoms with Crippen molar-refractivity contribution in [3.63, 3.8) is 0 Å². The van der Waals surface area contributed by atoms with Crippen molar-refractivity contribution in [2.45, 2.75) is 46.3 Å². The second kappa shape index (κ2) is 21.1. The maximum atomic E-state index is 11.9. The maximum Gasteiger partial charge on any atom is 0.338 e. The van der Waals surface area contributed by atoms with Crippen LogP contribution in [0.2, 0.25) is 10.0 Å². The van der Waals surface area contributed by atoms with Crippen LogP contribution >= 0.6 is 23.2 Å². The molecule has 0 spiro atoms. The molecular formula is C46H55Cl2N7O9. The van der Waals surface area contributed by atoms with Crippen LogP contribution in [0.1, 0.15) is 54.6 Å². The number of benzene rings is 4. The van der Waals surface area contributed by atoms with E-state index in [0.717, 1.165) is 92.5 Å². The van der Waals surface area contributed by atoms with Crippen LogP contribution in [0.5, 0.6) is 0 Å². The number of anilines is 2. The molecule has 2 aliphatic rings. The molecule has 6 aromatic rings. The number of aromatic nitrogens is 4. The fourth-order valence-electron chi connectivity index (χ4n) is 7.52. The SMILES string of the molecule is Cc1c(Cl)cccc1Cn1c(C)nc2c(C(=O)O)cc(N3CCOCC3)cc21.Cc1c(Cl)cccc1Cn1c(C)nc2c(C(=O)O)cc(N3CCOCC3)cc21.NC(CO)(CO)CO. The first-order chi connectivity index (χ1) is 30.6. The van der Waals surface area contributed by atoms with Crippen LogP contribution in [0.4, 0.5) is 11.4 Å². The molecule has 2 aliphatic heterocycles. The minimum atomic E-state index is -1.21. The normalized spacial score (nSPS) is 14.3. The van der Waals surface area contributed by atoms with E-state index in [0.29, 0.717) is 50.6 Å². The molecule has 7 N–H and O–H groups in total. The number of morpholine rings is 2. The summed E-state index contributed by atoms with van der Waals surface area (Å²) in [6, 6.07) is 19.2. The fourth-order valence-corrected chi connectivity index (χ4v) is 7.91. The summed E-state index contributed by atoms with van der Waals surface area (Å²) in [5.74, 6) is -0.389. The third-order valence-corrected chi connectivity index (χ3v) is 12.5. The Morgan fingerprint density at radius 3 is 1.31 bits per heavy atom. The highest BCUT2D eigenvalue weighted by Gasteiger charge is 2.24. The first kappa shape index (κ1) is 48.2. The van der Waals surface area contributed by atoms with E-state index in [2.05, 4.69) is 28.9 Å². The van der Waals surface area contributed by atoms with Crippen molar-refractivity contribution in [3.05, 3.63) is 116 Å². The van der Waals surface area contributed by atoms with Gasteiger partial charge in [-0.05, 0) is 86.3 Å². The van der Waals surface area contributed by atoms with E-state index in [1.807, 2.05) is 76.2 Å². The van der Waals surface area contributed by atoms with Crippen molar-refractivity contribution < 1.29 is 44.6 Å². The van der Waals surface area contributed by atoms with Gasteiger partial charge in [0.1, 0.15) is 22.7 Å². The number of hydrogen-bond donors (Lipinski definition) is 6. The van der Waals surface area contributed by atoms with Crippen LogP contribution in [0, 0.1) is 27.7 Å². The second-order valence-electron chi connectivity index (χ2n) is 15.9. The molecule has 18 heteroatoms. The average Bonchev–Trinajstić information content (AvgIpc) is 3.79. The quantitative estimate of drug-likeness (QED) is 0.0954. The van der Waals surface area contributed by atoms with Crippen LogP contribution < -0.4 is 15.5 Å². The number of ether oxygens (including phenoxy) is 2. The van der Waals surface area contributed by atoms with Gasteiger partial charge in [-0.3, -0.25) is 0 Å². The van der Waals surface area contributed by atoms with Gasteiger partial charge in [0.05, 0.1) is 73.9 Å². The van der Waals surface area contributed by atoms with Crippen LogP contribution in [-0.4, -0.2) is 135 Å². The lowest BCUT2D eigenvalue weighted by Gasteiger charge is -2.29. The lowest BCUT2D eigenvalue weighted by atomic mass is 10.1. The summed E-state index contributed by atoms with van der Waals surface area (Å²) in [5.41, 5.74) is 13.0. The standard InChI is InChI=1S/2C21H22ClN3O3.C4H11NO3/c2*1-13-15(4-3-5-18(13)22)12-25-14(2)23-20-17(21(26)27)10-16(11-19(20)25)24-6-8-28-9-7-24;5-4(1-6,2-7)3-8/h2*3-5,10-11H,6-9,12H2,1-2H3,(H,26,27);6-8H,1-3,5H2. The monoisotopic (exact) mass is 919 g/mol. The summed E-state index contributed by atoms with van der Waals surface area (Å²) in [4.78, 5) is 37.3. The number of carboxylic acids is 2. The van der Waals surface area contributed by atoms with Gasteiger partial charge in [0, 0.05) is 60.7 Å². The summed E-state index contributed by atoms with van der Waals surface area (Å²) < 4.78 is 15.0. The minimum Gasteiger partial charge on any atom is -0.478 e. The molecule has 2 fully saturated rings. The summed E-state index contributed by atoms with van der Waals surface area (Å²) >= 11 is 12.6. The number of carboxylic acid groups (broad SMARTS) is 2. The van der Waals surface area contributed by atoms with Crippen LogP contribution in [0.3, 0.4) is 0 Å². The number of aliphatic hydroxyl groups is 3. The predicted molar refractivity (Wildman–Crippen MR) is 248 cm³/mol. The van der Waals surface area contributed by atoms with Crippen molar-refractivity contribution in [1.82, 2.24) is 19.1 Å². The third-order valence-electron chi connectivity index (χ3n) is 11.6. The molecule has 342 valence electrons. The van der Waals surface area contributed by atoms with E-state index in [9.17, 15) is 19.8 Å². The van der Waals surface area contributed by atoms with E-state index in [-0.39, 0.29) is 11.1 Å². The molecule has 0 bridgehead atoms. The van der Waals surface area contributed by atoms with Gasteiger partial charge in [-0.25, -0.2) is 19.6 Å². The molecule has 2 aromatic heterocycles. The number of aliphatic hydroxyl groups excluding tert-OH is 3. The first-order valence-electron chi connectivity index (χ1n) is 20.8. The number of carbonyl (C=O) groups is 2. The molecule has 0 aliphatic carbocycles. The van der Waals surface area contributed by atoms with Crippen LogP contribution in [-0.2, 0) is 22.6 Å². The molecule has 8 rings (SSSR count). The molecule has 0 atom stereocenters. The number of halogens is 2. The van der Waals surface area contributed by atoms with E-state index in [1.165, 1.54) is 0 Å². The van der Waals surface area contributed by atoms with Gasteiger partial charge >= 0.3 is 11.9 Å². The Hall–Kier alpha value is -5.30. The number of rotatable bonds is 11. The highest BCUT2D eigenvalue weighted by Crippen LogP contribution is 2.32. The molecule has 2 saturated heterocycles. The Morgan fingerprint density at radius 1 is 0.641 bits per heavy atom. The van der Waals surface area contributed by atoms with Crippen LogP contribution in [0.15, 0.2) is 60.7 Å².